The predicted molar refractivity (Wildman–Crippen MR) is 84.8 cm³/mol. The lowest BCUT2D eigenvalue weighted by molar-refractivity contribution is -0.148. The highest BCUT2D eigenvalue weighted by molar-refractivity contribution is 8.02. The van der Waals surface area contributed by atoms with Crippen LogP contribution < -0.4 is 0 Å². The maximum Gasteiger partial charge on any atom is 0.331 e. The number of ether oxygens (including phenoxy) is 1. The fourth-order valence-electron chi connectivity index (χ4n) is 2.82. The van der Waals surface area contributed by atoms with Crippen LogP contribution in [0.25, 0.3) is 11.0 Å². The Balaban J connectivity index is 2.01. The molecule has 0 saturated carbocycles. The summed E-state index contributed by atoms with van der Waals surface area (Å²) in [5, 5.41) is 0.567. The molecule has 6 heteroatoms. The molecule has 2 aromatic rings. The molecule has 1 aromatic heterocycles. The van der Waals surface area contributed by atoms with Crippen molar-refractivity contribution < 1.29 is 14.3 Å². The number of hydrogen-bond donors (Lipinski definition) is 1. The molecular formula is C16H18N2O3S. The summed E-state index contributed by atoms with van der Waals surface area (Å²) in [4.78, 5) is 32.6. The van der Waals surface area contributed by atoms with Crippen molar-refractivity contribution in [2.75, 3.05) is 0 Å². The number of para-hydroxylation sites is 2. The number of carbonyl (C=O) groups excluding carboxylic acids is 2. The Hall–Kier alpha value is -1.82. The molecule has 116 valence electrons. The molecule has 0 unspecified atom stereocenters. The van der Waals surface area contributed by atoms with Crippen LogP contribution >= 0.6 is 11.8 Å². The van der Waals surface area contributed by atoms with E-state index in [0.29, 0.717) is 18.0 Å². The molecule has 0 bridgehead atoms. The molecule has 0 spiro atoms. The Morgan fingerprint density at radius 1 is 1.41 bits per heavy atom. The van der Waals surface area contributed by atoms with Crippen molar-refractivity contribution in [3.05, 3.63) is 24.3 Å². The first-order valence-electron chi connectivity index (χ1n) is 7.27. The van der Waals surface area contributed by atoms with E-state index in [1.807, 2.05) is 38.1 Å². The number of aromatic amines is 1. The highest BCUT2D eigenvalue weighted by atomic mass is 32.2. The van der Waals surface area contributed by atoms with E-state index in [1.165, 1.54) is 11.8 Å². The minimum Gasteiger partial charge on any atom is -0.458 e. The number of rotatable bonds is 4. The summed E-state index contributed by atoms with van der Waals surface area (Å²) in [6.45, 7) is 5.42. The minimum atomic E-state index is -1.20. The van der Waals surface area contributed by atoms with Gasteiger partial charge in [-0.05, 0) is 26.0 Å². The Morgan fingerprint density at radius 2 is 2.14 bits per heavy atom. The van der Waals surface area contributed by atoms with Gasteiger partial charge < -0.3 is 9.72 Å². The number of nitrogens with one attached hydrogen (secondary N) is 1. The fourth-order valence-corrected chi connectivity index (χ4v) is 4.25. The Bertz CT molecular complexity index is 720. The smallest absolute Gasteiger partial charge is 0.331 e. The third kappa shape index (κ3) is 2.41. The molecule has 5 nitrogen and oxygen atoms in total. The van der Waals surface area contributed by atoms with Crippen molar-refractivity contribution in [1.82, 2.24) is 9.97 Å². The Morgan fingerprint density at radius 3 is 2.73 bits per heavy atom. The third-order valence-corrected chi connectivity index (χ3v) is 5.06. The topological polar surface area (TPSA) is 72.1 Å². The Labute approximate surface area is 132 Å². The largest absolute Gasteiger partial charge is 0.458 e. The first-order chi connectivity index (χ1) is 10.4. The number of carbonyl (C=O) groups is 2. The molecule has 1 saturated heterocycles. The van der Waals surface area contributed by atoms with E-state index in [0.717, 1.165) is 11.0 Å². The minimum absolute atomic E-state index is 0.117. The SMILES string of the molecule is CCC(=O)[C@@]1(Sc2nc3ccccc3[nH]2)CC(C)(C)OC1=O. The molecule has 0 aliphatic carbocycles. The van der Waals surface area contributed by atoms with Crippen LogP contribution in [0.4, 0.5) is 0 Å². The van der Waals surface area contributed by atoms with E-state index in [4.69, 9.17) is 4.74 Å². The van der Waals surface area contributed by atoms with Crippen molar-refractivity contribution in [3.8, 4) is 0 Å². The molecule has 1 aliphatic heterocycles. The van der Waals surface area contributed by atoms with Crippen LogP contribution in [0.3, 0.4) is 0 Å². The summed E-state index contributed by atoms with van der Waals surface area (Å²) < 4.78 is 4.21. The predicted octanol–water partition coefficient (Wildman–Crippen LogP) is 3.10. The molecule has 1 fully saturated rings. The lowest BCUT2D eigenvalue weighted by atomic mass is 9.92. The van der Waals surface area contributed by atoms with Crippen LogP contribution in [-0.2, 0) is 14.3 Å². The summed E-state index contributed by atoms with van der Waals surface area (Å²) in [6.07, 6.45) is 0.644. The van der Waals surface area contributed by atoms with E-state index in [9.17, 15) is 9.59 Å². The standard InChI is InChI=1S/C16H18N2O3S/c1-4-12(19)16(9-15(2,3)21-13(16)20)22-14-17-10-7-5-6-8-11(10)18-14/h5-8H,4,9H2,1-3H3,(H,17,18)/t16-/m0/s1. The average Bonchev–Trinajstić information content (AvgIpc) is 2.96. The van der Waals surface area contributed by atoms with Gasteiger partial charge >= 0.3 is 5.97 Å². The highest BCUT2D eigenvalue weighted by Gasteiger charge is 2.58. The summed E-state index contributed by atoms with van der Waals surface area (Å²) in [5.41, 5.74) is 1.06. The van der Waals surface area contributed by atoms with Gasteiger partial charge in [0.1, 0.15) is 5.60 Å². The van der Waals surface area contributed by atoms with Crippen LogP contribution in [0.15, 0.2) is 29.4 Å². The molecule has 1 atom stereocenters. The molecule has 1 aliphatic rings. The molecular weight excluding hydrogens is 300 g/mol. The monoisotopic (exact) mass is 318 g/mol. The van der Waals surface area contributed by atoms with Gasteiger partial charge in [-0.1, -0.05) is 30.8 Å². The third-order valence-electron chi connectivity index (χ3n) is 3.78. The Kier molecular flexibility index (Phi) is 3.51. The molecule has 2 heterocycles. The van der Waals surface area contributed by atoms with Gasteiger partial charge in [0.15, 0.2) is 15.7 Å². The quantitative estimate of drug-likeness (QED) is 0.693. The number of cyclic esters (lactones) is 1. The van der Waals surface area contributed by atoms with E-state index >= 15 is 0 Å². The zero-order chi connectivity index (χ0) is 16.0. The lowest BCUT2D eigenvalue weighted by Gasteiger charge is -2.21. The lowest BCUT2D eigenvalue weighted by Crippen LogP contribution is -2.40. The van der Waals surface area contributed by atoms with Gasteiger partial charge in [-0.25, -0.2) is 4.98 Å². The normalized spacial score (nSPS) is 23.7. The van der Waals surface area contributed by atoms with Crippen LogP contribution in [-0.4, -0.2) is 32.1 Å². The highest BCUT2D eigenvalue weighted by Crippen LogP contribution is 2.47. The van der Waals surface area contributed by atoms with Crippen molar-refractivity contribution in [1.29, 1.82) is 0 Å². The second kappa shape index (κ2) is 5.12. The number of hydrogen-bond acceptors (Lipinski definition) is 5. The first-order valence-corrected chi connectivity index (χ1v) is 8.08. The summed E-state index contributed by atoms with van der Waals surface area (Å²) in [7, 11) is 0. The second-order valence-electron chi connectivity index (χ2n) is 6.09. The summed E-state index contributed by atoms with van der Waals surface area (Å²) in [5.74, 6) is -0.580. The molecule has 1 aromatic carbocycles. The van der Waals surface area contributed by atoms with E-state index in [-0.39, 0.29) is 5.78 Å². The van der Waals surface area contributed by atoms with Gasteiger partial charge in [0.05, 0.1) is 11.0 Å². The zero-order valence-electron chi connectivity index (χ0n) is 12.8. The zero-order valence-corrected chi connectivity index (χ0v) is 13.6. The fraction of sp³-hybridized carbons (Fsp3) is 0.438. The van der Waals surface area contributed by atoms with Gasteiger partial charge in [0, 0.05) is 12.8 Å². The van der Waals surface area contributed by atoms with Gasteiger partial charge in [-0.2, -0.15) is 0 Å². The number of imidazole rings is 1. The van der Waals surface area contributed by atoms with E-state index in [2.05, 4.69) is 9.97 Å². The number of esters is 1. The van der Waals surface area contributed by atoms with Gasteiger partial charge in [-0.3, -0.25) is 9.59 Å². The van der Waals surface area contributed by atoms with Crippen molar-refractivity contribution >= 4 is 34.5 Å². The van der Waals surface area contributed by atoms with Gasteiger partial charge in [0.2, 0.25) is 0 Å². The van der Waals surface area contributed by atoms with Gasteiger partial charge in [0.25, 0.3) is 0 Å². The van der Waals surface area contributed by atoms with E-state index in [1.54, 1.807) is 6.92 Å². The molecule has 1 N–H and O–H groups in total. The molecule has 0 amide bonds. The van der Waals surface area contributed by atoms with Crippen molar-refractivity contribution in [2.24, 2.45) is 0 Å². The number of fused-ring (bicyclic) bond motifs is 1. The second-order valence-corrected chi connectivity index (χ2v) is 7.38. The molecule has 0 radical (unpaired) electrons. The maximum absolute atomic E-state index is 12.5. The van der Waals surface area contributed by atoms with Crippen molar-refractivity contribution in [2.45, 2.75) is 49.1 Å². The van der Waals surface area contributed by atoms with Gasteiger partial charge in [-0.15, -0.1) is 0 Å². The number of nitrogens with zero attached hydrogens (tertiary/aromatic N) is 1. The number of thioether (sulfide) groups is 1. The van der Waals surface area contributed by atoms with Crippen LogP contribution in [0.2, 0.25) is 0 Å². The number of aromatic nitrogens is 2. The van der Waals surface area contributed by atoms with E-state index < -0.39 is 16.3 Å². The summed E-state index contributed by atoms with van der Waals surface area (Å²) in [6, 6.07) is 7.62. The van der Waals surface area contributed by atoms with Crippen LogP contribution in [0.1, 0.15) is 33.6 Å². The first kappa shape index (κ1) is 15.1. The van der Waals surface area contributed by atoms with Crippen LogP contribution in [0, 0.1) is 0 Å². The maximum atomic E-state index is 12.5. The molecule has 22 heavy (non-hydrogen) atoms. The number of H-pyrrole nitrogens is 1. The number of ketones is 1. The number of Topliss-reactive ketones (excluding diaryl/α,β-unsaturated/α-hetero) is 1. The molecule has 3 rings (SSSR count). The van der Waals surface area contributed by atoms with Crippen LogP contribution in [0.5, 0.6) is 0 Å². The average molecular weight is 318 g/mol. The van der Waals surface area contributed by atoms with Crippen molar-refractivity contribution in [3.63, 3.8) is 0 Å². The number of benzene rings is 1. The summed E-state index contributed by atoms with van der Waals surface area (Å²) >= 11 is 1.18.